The second-order valence-corrected chi connectivity index (χ2v) is 5.67. The molecule has 1 fully saturated rings. The summed E-state index contributed by atoms with van der Waals surface area (Å²) in [6, 6.07) is 9.82. The van der Waals surface area contributed by atoms with Gasteiger partial charge in [0, 0.05) is 29.1 Å². The highest BCUT2D eigenvalue weighted by Gasteiger charge is 2.41. The molecule has 0 amide bonds. The van der Waals surface area contributed by atoms with Crippen LogP contribution in [0.25, 0.3) is 10.9 Å². The van der Waals surface area contributed by atoms with Gasteiger partial charge >= 0.3 is 0 Å². The van der Waals surface area contributed by atoms with Gasteiger partial charge in [0.05, 0.1) is 5.52 Å². The number of aromatic nitrogens is 1. The number of hydrogen-bond acceptors (Lipinski definition) is 3. The summed E-state index contributed by atoms with van der Waals surface area (Å²) in [6.45, 7) is 3.88. The van der Waals surface area contributed by atoms with Crippen LogP contribution in [0.2, 0.25) is 0 Å². The molecule has 0 saturated carbocycles. The predicted molar refractivity (Wildman–Crippen MR) is 80.9 cm³/mol. The maximum Gasteiger partial charge on any atom is 0.172 e. The van der Waals surface area contributed by atoms with Gasteiger partial charge in [0.2, 0.25) is 0 Å². The lowest BCUT2D eigenvalue weighted by atomic mass is 9.75. The van der Waals surface area contributed by atoms with E-state index in [1.807, 2.05) is 30.3 Å². The van der Waals surface area contributed by atoms with Crippen molar-refractivity contribution in [1.82, 2.24) is 10.3 Å². The van der Waals surface area contributed by atoms with E-state index in [0.717, 1.165) is 48.8 Å². The quantitative estimate of drug-likeness (QED) is 0.866. The average Bonchev–Trinajstić information content (AvgIpc) is 2.96. The molecule has 3 nitrogen and oxygen atoms in total. The van der Waals surface area contributed by atoms with Crippen molar-refractivity contribution in [2.45, 2.75) is 26.2 Å². The molecule has 2 aromatic rings. The third-order valence-corrected chi connectivity index (χ3v) is 4.33. The van der Waals surface area contributed by atoms with Crippen molar-refractivity contribution in [1.29, 1.82) is 0 Å². The van der Waals surface area contributed by atoms with Crippen LogP contribution in [0, 0.1) is 5.41 Å². The first kappa shape index (κ1) is 13.3. The van der Waals surface area contributed by atoms with Crippen LogP contribution in [0.4, 0.5) is 0 Å². The maximum atomic E-state index is 13.1. The molecule has 0 aliphatic carbocycles. The molecule has 1 aromatic heterocycles. The van der Waals surface area contributed by atoms with Crippen LogP contribution in [0.5, 0.6) is 0 Å². The molecule has 104 valence electrons. The van der Waals surface area contributed by atoms with Crippen molar-refractivity contribution < 1.29 is 4.79 Å². The zero-order valence-electron chi connectivity index (χ0n) is 11.9. The summed E-state index contributed by atoms with van der Waals surface area (Å²) in [5, 5.41) is 4.39. The summed E-state index contributed by atoms with van der Waals surface area (Å²) >= 11 is 0. The summed E-state index contributed by atoms with van der Waals surface area (Å²) in [4.78, 5) is 17.5. The maximum absolute atomic E-state index is 13.1. The van der Waals surface area contributed by atoms with E-state index in [9.17, 15) is 4.79 Å². The molecule has 2 heterocycles. The highest BCUT2D eigenvalue weighted by molar-refractivity contribution is 6.09. The lowest BCUT2D eigenvalue weighted by molar-refractivity contribution is 0.0803. The number of nitrogens with one attached hydrogen (secondary N) is 1. The Morgan fingerprint density at radius 2 is 2.20 bits per heavy atom. The van der Waals surface area contributed by atoms with Crippen LogP contribution >= 0.6 is 0 Å². The molecule has 0 radical (unpaired) electrons. The molecule has 20 heavy (non-hydrogen) atoms. The normalized spacial score (nSPS) is 22.2. The number of carbonyl (C=O) groups is 1. The zero-order valence-corrected chi connectivity index (χ0v) is 11.9. The number of carbonyl (C=O) groups excluding carboxylic acids is 1. The summed E-state index contributed by atoms with van der Waals surface area (Å²) in [5.41, 5.74) is 1.38. The molecule has 1 aliphatic rings. The van der Waals surface area contributed by atoms with Crippen LogP contribution in [-0.4, -0.2) is 23.9 Å². The Hall–Kier alpha value is -1.74. The molecular weight excluding hydrogens is 248 g/mol. The Balaban J connectivity index is 2.08. The van der Waals surface area contributed by atoms with Crippen LogP contribution in [0.1, 0.15) is 36.5 Å². The minimum absolute atomic E-state index is 0.236. The van der Waals surface area contributed by atoms with Gasteiger partial charge in [-0.15, -0.1) is 0 Å². The number of pyridine rings is 1. The first-order valence-electron chi connectivity index (χ1n) is 7.36. The molecule has 0 spiro atoms. The number of hydrogen-bond donors (Lipinski definition) is 1. The second-order valence-electron chi connectivity index (χ2n) is 5.67. The van der Waals surface area contributed by atoms with Crippen molar-refractivity contribution in [3.05, 3.63) is 42.1 Å². The van der Waals surface area contributed by atoms with Crippen LogP contribution in [0.3, 0.4) is 0 Å². The topological polar surface area (TPSA) is 42.0 Å². The van der Waals surface area contributed by atoms with E-state index in [4.69, 9.17) is 0 Å². The Bertz CT molecular complexity index is 624. The number of Topliss-reactive ketones (excluding diaryl/α,β-unsaturated/α-hetero) is 1. The molecule has 0 bridgehead atoms. The van der Waals surface area contributed by atoms with Crippen LogP contribution in [0.15, 0.2) is 36.5 Å². The number of ketones is 1. The van der Waals surface area contributed by atoms with Gasteiger partial charge in [-0.1, -0.05) is 31.5 Å². The SMILES string of the molecule is CCCC1(C(=O)c2cccc3cccnc23)CCNC1. The molecule has 1 unspecified atom stereocenters. The fourth-order valence-electron chi connectivity index (χ4n) is 3.32. The van der Waals surface area contributed by atoms with E-state index in [1.165, 1.54) is 0 Å². The summed E-state index contributed by atoms with van der Waals surface area (Å²) in [5.74, 6) is 0.258. The molecule has 1 N–H and O–H groups in total. The van der Waals surface area contributed by atoms with Crippen molar-refractivity contribution in [2.75, 3.05) is 13.1 Å². The van der Waals surface area contributed by atoms with E-state index in [2.05, 4.69) is 17.2 Å². The molecule has 1 saturated heterocycles. The minimum Gasteiger partial charge on any atom is -0.316 e. The van der Waals surface area contributed by atoms with Crippen LogP contribution in [-0.2, 0) is 0 Å². The standard InChI is InChI=1S/C17H20N2O/c1-2-8-17(9-11-18-12-17)16(20)14-7-3-5-13-6-4-10-19-15(13)14/h3-7,10,18H,2,8-9,11-12H2,1H3. The summed E-state index contributed by atoms with van der Waals surface area (Å²) in [7, 11) is 0. The zero-order chi connectivity index (χ0) is 14.0. The number of nitrogens with zero attached hydrogens (tertiary/aromatic N) is 1. The first-order chi connectivity index (χ1) is 9.77. The number of benzene rings is 1. The Morgan fingerprint density at radius 1 is 1.35 bits per heavy atom. The van der Waals surface area contributed by atoms with E-state index in [0.29, 0.717) is 0 Å². The fourth-order valence-corrected chi connectivity index (χ4v) is 3.32. The molecule has 1 aliphatic heterocycles. The van der Waals surface area contributed by atoms with E-state index < -0.39 is 0 Å². The highest BCUT2D eigenvalue weighted by atomic mass is 16.1. The smallest absolute Gasteiger partial charge is 0.172 e. The Labute approximate surface area is 119 Å². The number of para-hydroxylation sites is 1. The van der Waals surface area contributed by atoms with Crippen LogP contribution < -0.4 is 5.32 Å². The van der Waals surface area contributed by atoms with Crippen molar-refractivity contribution in [3.8, 4) is 0 Å². The highest BCUT2D eigenvalue weighted by Crippen LogP contribution is 2.36. The van der Waals surface area contributed by atoms with Gasteiger partial charge in [-0.05, 0) is 31.5 Å². The van der Waals surface area contributed by atoms with Gasteiger partial charge in [0.1, 0.15) is 0 Å². The predicted octanol–water partition coefficient (Wildman–Crippen LogP) is 3.20. The molecule has 1 aromatic carbocycles. The number of rotatable bonds is 4. The monoisotopic (exact) mass is 268 g/mol. The minimum atomic E-state index is -0.236. The third kappa shape index (κ3) is 2.12. The Kier molecular flexibility index (Phi) is 3.53. The van der Waals surface area contributed by atoms with Gasteiger partial charge in [-0.3, -0.25) is 9.78 Å². The first-order valence-corrected chi connectivity index (χ1v) is 7.36. The fraction of sp³-hybridized carbons (Fsp3) is 0.412. The van der Waals surface area contributed by atoms with Gasteiger partial charge in [0.25, 0.3) is 0 Å². The third-order valence-electron chi connectivity index (χ3n) is 4.33. The van der Waals surface area contributed by atoms with Gasteiger partial charge in [0.15, 0.2) is 5.78 Å². The van der Waals surface area contributed by atoms with E-state index in [1.54, 1.807) is 6.20 Å². The molecule has 1 atom stereocenters. The van der Waals surface area contributed by atoms with Gasteiger partial charge in [-0.25, -0.2) is 0 Å². The Morgan fingerprint density at radius 3 is 2.95 bits per heavy atom. The summed E-state index contributed by atoms with van der Waals surface area (Å²) in [6.07, 6.45) is 4.68. The average molecular weight is 268 g/mol. The molecular formula is C17H20N2O. The van der Waals surface area contributed by atoms with Crippen molar-refractivity contribution in [3.63, 3.8) is 0 Å². The second kappa shape index (κ2) is 5.33. The van der Waals surface area contributed by atoms with Crippen molar-refractivity contribution in [2.24, 2.45) is 5.41 Å². The largest absolute Gasteiger partial charge is 0.316 e. The van der Waals surface area contributed by atoms with E-state index >= 15 is 0 Å². The lowest BCUT2D eigenvalue weighted by Crippen LogP contribution is -2.33. The van der Waals surface area contributed by atoms with Gasteiger partial charge in [-0.2, -0.15) is 0 Å². The molecule has 3 rings (SSSR count). The lowest BCUT2D eigenvalue weighted by Gasteiger charge is -2.26. The molecule has 3 heteroatoms. The van der Waals surface area contributed by atoms with Crippen molar-refractivity contribution >= 4 is 16.7 Å². The van der Waals surface area contributed by atoms with E-state index in [-0.39, 0.29) is 11.2 Å². The van der Waals surface area contributed by atoms with Gasteiger partial charge < -0.3 is 5.32 Å². The number of fused-ring (bicyclic) bond motifs is 1. The summed E-state index contributed by atoms with van der Waals surface area (Å²) < 4.78 is 0.